The molecule has 0 bridgehead atoms. The van der Waals surface area contributed by atoms with Gasteiger partial charge in [-0.25, -0.2) is 4.79 Å². The van der Waals surface area contributed by atoms with E-state index in [4.69, 9.17) is 5.11 Å². The van der Waals surface area contributed by atoms with Gasteiger partial charge >= 0.3 is 12.0 Å². The Morgan fingerprint density at radius 1 is 1.41 bits per heavy atom. The van der Waals surface area contributed by atoms with Gasteiger partial charge in [0, 0.05) is 25.0 Å². The third-order valence-corrected chi connectivity index (χ3v) is 3.56. The van der Waals surface area contributed by atoms with Gasteiger partial charge in [0.25, 0.3) is 0 Å². The molecule has 1 aliphatic heterocycles. The van der Waals surface area contributed by atoms with Crippen LogP contribution >= 0.6 is 0 Å². The maximum absolute atomic E-state index is 11.8. The molecule has 0 saturated carbocycles. The molecular weight excluding hydrogens is 220 g/mol. The van der Waals surface area contributed by atoms with Gasteiger partial charge in [-0.2, -0.15) is 0 Å². The summed E-state index contributed by atoms with van der Waals surface area (Å²) in [6.45, 7) is 7.32. The highest BCUT2D eigenvalue weighted by Crippen LogP contribution is 2.19. The minimum atomic E-state index is -0.789. The molecule has 2 unspecified atom stereocenters. The maximum atomic E-state index is 11.8. The van der Waals surface area contributed by atoms with Crippen molar-refractivity contribution < 1.29 is 14.7 Å². The first-order chi connectivity index (χ1) is 7.93. The molecule has 5 nitrogen and oxygen atoms in total. The monoisotopic (exact) mass is 242 g/mol. The number of carboxylic acid groups (broad SMARTS) is 1. The molecule has 98 valence electrons. The summed E-state index contributed by atoms with van der Waals surface area (Å²) < 4.78 is 0. The Balaban J connectivity index is 2.25. The zero-order valence-electron chi connectivity index (χ0n) is 10.8. The van der Waals surface area contributed by atoms with Crippen molar-refractivity contribution in [1.82, 2.24) is 10.2 Å². The van der Waals surface area contributed by atoms with E-state index in [0.717, 1.165) is 6.42 Å². The maximum Gasteiger partial charge on any atom is 0.317 e. The Kier molecular flexibility index (Phi) is 4.78. The number of hydrogen-bond donors (Lipinski definition) is 2. The van der Waals surface area contributed by atoms with Crippen LogP contribution in [-0.2, 0) is 4.79 Å². The van der Waals surface area contributed by atoms with Crippen LogP contribution in [0.25, 0.3) is 0 Å². The molecule has 1 saturated heterocycles. The lowest BCUT2D eigenvalue weighted by Gasteiger charge is -2.39. The molecule has 17 heavy (non-hydrogen) atoms. The SMILES string of the molecule is CCC(C)C(C)NC(=O)N1CC(CC(=O)O)C1. The van der Waals surface area contributed by atoms with Crippen LogP contribution in [0.4, 0.5) is 4.79 Å². The Morgan fingerprint density at radius 3 is 2.47 bits per heavy atom. The van der Waals surface area contributed by atoms with Crippen LogP contribution in [0, 0.1) is 11.8 Å². The number of nitrogens with one attached hydrogen (secondary N) is 1. The molecular formula is C12H22N2O3. The number of hydrogen-bond acceptors (Lipinski definition) is 2. The van der Waals surface area contributed by atoms with Crippen LogP contribution in [0.15, 0.2) is 0 Å². The standard InChI is InChI=1S/C12H22N2O3/c1-4-8(2)9(3)13-12(17)14-6-10(7-14)5-11(15)16/h8-10H,4-7H2,1-3H3,(H,13,17)(H,15,16). The minimum Gasteiger partial charge on any atom is -0.481 e. The second-order valence-electron chi connectivity index (χ2n) is 4.99. The number of urea groups is 1. The molecule has 0 aromatic carbocycles. The summed E-state index contributed by atoms with van der Waals surface area (Å²) in [5.41, 5.74) is 0. The van der Waals surface area contributed by atoms with E-state index in [1.807, 2.05) is 6.92 Å². The molecule has 5 heteroatoms. The van der Waals surface area contributed by atoms with Crippen molar-refractivity contribution in [2.45, 2.75) is 39.7 Å². The van der Waals surface area contributed by atoms with Crippen molar-refractivity contribution in [3.05, 3.63) is 0 Å². The molecule has 0 spiro atoms. The fourth-order valence-electron chi connectivity index (χ4n) is 1.89. The number of likely N-dealkylation sites (tertiary alicyclic amines) is 1. The summed E-state index contributed by atoms with van der Waals surface area (Å²) in [5.74, 6) is -0.213. The summed E-state index contributed by atoms with van der Waals surface area (Å²) in [4.78, 5) is 23.9. The van der Waals surface area contributed by atoms with E-state index in [1.165, 1.54) is 0 Å². The molecule has 1 heterocycles. The second-order valence-corrected chi connectivity index (χ2v) is 4.99. The number of nitrogens with zero attached hydrogens (tertiary/aromatic N) is 1. The molecule has 1 aliphatic rings. The summed E-state index contributed by atoms with van der Waals surface area (Å²) in [6.07, 6.45) is 1.19. The average Bonchev–Trinajstić information content (AvgIpc) is 2.20. The summed E-state index contributed by atoms with van der Waals surface area (Å²) >= 11 is 0. The summed E-state index contributed by atoms with van der Waals surface area (Å²) in [7, 11) is 0. The lowest BCUT2D eigenvalue weighted by atomic mass is 9.96. The van der Waals surface area contributed by atoms with Crippen LogP contribution in [0.2, 0.25) is 0 Å². The number of carbonyl (C=O) groups is 2. The zero-order valence-corrected chi connectivity index (χ0v) is 10.8. The average molecular weight is 242 g/mol. The molecule has 2 amide bonds. The van der Waals surface area contributed by atoms with E-state index < -0.39 is 5.97 Å². The van der Waals surface area contributed by atoms with Crippen LogP contribution in [0.5, 0.6) is 0 Å². The largest absolute Gasteiger partial charge is 0.481 e. The van der Waals surface area contributed by atoms with Crippen LogP contribution in [-0.4, -0.2) is 41.1 Å². The first kappa shape index (κ1) is 13.8. The molecule has 0 aromatic heterocycles. The van der Waals surface area contributed by atoms with Crippen LogP contribution in [0.1, 0.15) is 33.6 Å². The van der Waals surface area contributed by atoms with Crippen LogP contribution < -0.4 is 5.32 Å². The fourth-order valence-corrected chi connectivity index (χ4v) is 1.89. The Morgan fingerprint density at radius 2 is 2.00 bits per heavy atom. The second kappa shape index (κ2) is 5.89. The molecule has 1 rings (SSSR count). The van der Waals surface area contributed by atoms with Crippen molar-refractivity contribution in [3.63, 3.8) is 0 Å². The quantitative estimate of drug-likeness (QED) is 0.768. The normalized spacial score (nSPS) is 19.4. The van der Waals surface area contributed by atoms with Crippen molar-refractivity contribution in [2.24, 2.45) is 11.8 Å². The number of aliphatic carboxylic acids is 1. The highest BCUT2D eigenvalue weighted by Gasteiger charge is 2.32. The van der Waals surface area contributed by atoms with Gasteiger partial charge in [-0.15, -0.1) is 0 Å². The predicted octanol–water partition coefficient (Wildman–Crippen LogP) is 1.54. The highest BCUT2D eigenvalue weighted by atomic mass is 16.4. The van der Waals surface area contributed by atoms with Crippen molar-refractivity contribution >= 4 is 12.0 Å². The van der Waals surface area contributed by atoms with Gasteiger partial charge in [-0.1, -0.05) is 20.3 Å². The van der Waals surface area contributed by atoms with Crippen molar-refractivity contribution in [3.8, 4) is 0 Å². The molecule has 2 N–H and O–H groups in total. The van der Waals surface area contributed by atoms with E-state index in [0.29, 0.717) is 19.0 Å². The number of rotatable bonds is 5. The van der Waals surface area contributed by atoms with Gasteiger partial charge in [0.15, 0.2) is 0 Å². The number of carbonyl (C=O) groups excluding carboxylic acids is 1. The van der Waals surface area contributed by atoms with Gasteiger partial charge in [-0.05, 0) is 12.8 Å². The Labute approximate surface area is 102 Å². The van der Waals surface area contributed by atoms with E-state index in [2.05, 4.69) is 19.2 Å². The molecule has 1 fully saturated rings. The number of amides is 2. The third-order valence-electron chi connectivity index (χ3n) is 3.56. The van der Waals surface area contributed by atoms with E-state index in [9.17, 15) is 9.59 Å². The smallest absolute Gasteiger partial charge is 0.317 e. The lowest BCUT2D eigenvalue weighted by Crippen LogP contribution is -2.56. The van der Waals surface area contributed by atoms with Gasteiger partial charge < -0.3 is 15.3 Å². The van der Waals surface area contributed by atoms with Crippen molar-refractivity contribution in [2.75, 3.05) is 13.1 Å². The van der Waals surface area contributed by atoms with Crippen LogP contribution in [0.3, 0.4) is 0 Å². The fraction of sp³-hybridized carbons (Fsp3) is 0.833. The first-order valence-corrected chi connectivity index (χ1v) is 6.21. The number of carboxylic acids is 1. The van der Waals surface area contributed by atoms with Gasteiger partial charge in [0.2, 0.25) is 0 Å². The topological polar surface area (TPSA) is 69.6 Å². The molecule has 0 aromatic rings. The first-order valence-electron chi connectivity index (χ1n) is 6.21. The lowest BCUT2D eigenvalue weighted by molar-refractivity contribution is -0.139. The predicted molar refractivity (Wildman–Crippen MR) is 64.8 cm³/mol. The van der Waals surface area contributed by atoms with E-state index in [-0.39, 0.29) is 24.4 Å². The van der Waals surface area contributed by atoms with Gasteiger partial charge in [0.05, 0.1) is 6.42 Å². The van der Waals surface area contributed by atoms with E-state index in [1.54, 1.807) is 4.90 Å². The highest BCUT2D eigenvalue weighted by molar-refractivity contribution is 5.76. The zero-order chi connectivity index (χ0) is 13.0. The molecule has 0 aliphatic carbocycles. The summed E-state index contributed by atoms with van der Waals surface area (Å²) in [6, 6.07) is 0.0884. The third kappa shape index (κ3) is 3.91. The van der Waals surface area contributed by atoms with Crippen molar-refractivity contribution in [1.29, 1.82) is 0 Å². The Hall–Kier alpha value is -1.26. The minimum absolute atomic E-state index is 0.0700. The van der Waals surface area contributed by atoms with E-state index >= 15 is 0 Å². The molecule has 0 radical (unpaired) electrons. The van der Waals surface area contributed by atoms with Gasteiger partial charge in [0.1, 0.15) is 0 Å². The molecule has 2 atom stereocenters. The van der Waals surface area contributed by atoms with Gasteiger partial charge in [-0.3, -0.25) is 4.79 Å². The Bertz CT molecular complexity index is 287. The summed E-state index contributed by atoms with van der Waals surface area (Å²) in [5, 5.41) is 11.6.